The molecular weight excluding hydrogens is 245 g/mol. The Balaban J connectivity index is 2.79. The number of aliphatic imine (C=N–C) groups is 1. The van der Waals surface area contributed by atoms with Gasteiger partial charge in [-0.3, -0.25) is 4.99 Å². The molecule has 0 aliphatic rings. The molecule has 0 atom stereocenters. The maximum absolute atomic E-state index is 13.3. The number of hydrogen-bond donors (Lipinski definition) is 2. The first-order chi connectivity index (χ1) is 8.97. The van der Waals surface area contributed by atoms with E-state index in [0.29, 0.717) is 41.5 Å². The van der Waals surface area contributed by atoms with E-state index >= 15 is 0 Å². The Bertz CT molecular complexity index is 498. The van der Waals surface area contributed by atoms with E-state index in [2.05, 4.69) is 16.9 Å². The van der Waals surface area contributed by atoms with Crippen molar-refractivity contribution in [3.05, 3.63) is 35.7 Å². The number of amidine groups is 1. The standard InChI is InChI=1S/C14H20FN3O/c1-9-13(15)6-5-12(14(9)16)10(2)18-11(3)17-7-8-19-4/h5-6H,2,7-8,16H2,1,3-4H3,(H,17,18). The number of nitrogens with two attached hydrogens (primary N) is 1. The van der Waals surface area contributed by atoms with E-state index in [1.54, 1.807) is 20.1 Å². The van der Waals surface area contributed by atoms with Crippen LogP contribution in [0.4, 0.5) is 10.1 Å². The predicted octanol–water partition coefficient (Wildman–Crippen LogP) is 2.34. The van der Waals surface area contributed by atoms with E-state index in [0.717, 1.165) is 0 Å². The summed E-state index contributed by atoms with van der Waals surface area (Å²) in [6, 6.07) is 2.99. The molecule has 0 bridgehead atoms. The molecule has 1 aromatic carbocycles. The minimum atomic E-state index is -0.320. The van der Waals surface area contributed by atoms with Gasteiger partial charge < -0.3 is 15.8 Å². The molecule has 104 valence electrons. The summed E-state index contributed by atoms with van der Waals surface area (Å²) in [6.45, 7) is 8.49. The number of halogens is 1. The molecule has 0 spiro atoms. The van der Waals surface area contributed by atoms with Gasteiger partial charge >= 0.3 is 0 Å². The van der Waals surface area contributed by atoms with Gasteiger partial charge in [0.15, 0.2) is 0 Å². The summed E-state index contributed by atoms with van der Waals surface area (Å²) >= 11 is 0. The third-order valence-corrected chi connectivity index (χ3v) is 2.75. The molecule has 0 aromatic heterocycles. The molecular formula is C14H20FN3O. The van der Waals surface area contributed by atoms with E-state index in [-0.39, 0.29) is 5.82 Å². The van der Waals surface area contributed by atoms with Crippen molar-refractivity contribution in [1.29, 1.82) is 0 Å². The van der Waals surface area contributed by atoms with Crippen molar-refractivity contribution in [3.63, 3.8) is 0 Å². The maximum Gasteiger partial charge on any atom is 0.128 e. The number of ether oxygens (including phenoxy) is 1. The van der Waals surface area contributed by atoms with E-state index in [1.165, 1.54) is 6.07 Å². The molecule has 19 heavy (non-hydrogen) atoms. The number of methoxy groups -OCH3 is 1. The quantitative estimate of drug-likeness (QED) is 0.372. The van der Waals surface area contributed by atoms with Gasteiger partial charge in [0.2, 0.25) is 0 Å². The zero-order chi connectivity index (χ0) is 14.4. The summed E-state index contributed by atoms with van der Waals surface area (Å²) in [7, 11) is 1.62. The van der Waals surface area contributed by atoms with E-state index < -0.39 is 0 Å². The fraction of sp³-hybridized carbons (Fsp3) is 0.357. The van der Waals surface area contributed by atoms with Gasteiger partial charge in [-0.05, 0) is 26.0 Å². The summed E-state index contributed by atoms with van der Waals surface area (Å²) in [5.41, 5.74) is 7.97. The van der Waals surface area contributed by atoms with Crippen LogP contribution in [0.2, 0.25) is 0 Å². The smallest absolute Gasteiger partial charge is 0.128 e. The van der Waals surface area contributed by atoms with Gasteiger partial charge in [0, 0.05) is 29.6 Å². The first-order valence-corrected chi connectivity index (χ1v) is 5.98. The molecule has 0 aliphatic carbocycles. The van der Waals surface area contributed by atoms with Gasteiger partial charge in [-0.15, -0.1) is 0 Å². The number of nitrogens with one attached hydrogen (secondary N) is 1. The van der Waals surface area contributed by atoms with Crippen LogP contribution in [0.15, 0.2) is 23.7 Å². The molecule has 0 fully saturated rings. The monoisotopic (exact) mass is 265 g/mol. The Hall–Kier alpha value is -1.88. The normalized spacial score (nSPS) is 11.5. The highest BCUT2D eigenvalue weighted by molar-refractivity contribution is 5.90. The second-order valence-corrected chi connectivity index (χ2v) is 4.20. The SMILES string of the molecule is C=C(NC(C)=NCCOC)c1ccc(F)c(C)c1N. The topological polar surface area (TPSA) is 59.6 Å². The summed E-state index contributed by atoms with van der Waals surface area (Å²) < 4.78 is 18.2. The summed E-state index contributed by atoms with van der Waals surface area (Å²) in [5, 5.41) is 3.04. The van der Waals surface area contributed by atoms with Gasteiger partial charge in [0.25, 0.3) is 0 Å². The van der Waals surface area contributed by atoms with Gasteiger partial charge in [0.05, 0.1) is 19.0 Å². The molecule has 1 aromatic rings. The lowest BCUT2D eigenvalue weighted by molar-refractivity contribution is 0.208. The molecule has 1 rings (SSSR count). The number of hydrogen-bond acceptors (Lipinski definition) is 3. The van der Waals surface area contributed by atoms with E-state index in [9.17, 15) is 4.39 Å². The van der Waals surface area contributed by atoms with Crippen molar-refractivity contribution in [2.24, 2.45) is 4.99 Å². The summed E-state index contributed by atoms with van der Waals surface area (Å²) in [5.74, 6) is 0.392. The molecule has 0 saturated carbocycles. The van der Waals surface area contributed by atoms with Crippen LogP contribution in [-0.4, -0.2) is 26.1 Å². The van der Waals surface area contributed by atoms with Crippen molar-refractivity contribution in [2.75, 3.05) is 26.0 Å². The molecule has 0 heterocycles. The summed E-state index contributed by atoms with van der Waals surface area (Å²) in [4.78, 5) is 4.25. The molecule has 0 amide bonds. The Kier molecular flexibility index (Phi) is 5.51. The number of rotatable bonds is 5. The number of anilines is 1. The third-order valence-electron chi connectivity index (χ3n) is 2.75. The van der Waals surface area contributed by atoms with Crippen molar-refractivity contribution in [2.45, 2.75) is 13.8 Å². The third kappa shape index (κ3) is 4.06. The zero-order valence-corrected chi connectivity index (χ0v) is 11.6. The lowest BCUT2D eigenvalue weighted by atomic mass is 10.1. The molecule has 0 aliphatic heterocycles. The largest absolute Gasteiger partial charge is 0.398 e. The Labute approximate surface area is 113 Å². The predicted molar refractivity (Wildman–Crippen MR) is 77.6 cm³/mol. The van der Waals surface area contributed by atoms with Crippen molar-refractivity contribution in [3.8, 4) is 0 Å². The Morgan fingerprint density at radius 1 is 1.53 bits per heavy atom. The fourth-order valence-corrected chi connectivity index (χ4v) is 1.59. The van der Waals surface area contributed by atoms with Gasteiger partial charge in [-0.2, -0.15) is 0 Å². The number of nitrogens with zero attached hydrogens (tertiary/aromatic N) is 1. The van der Waals surface area contributed by atoms with Crippen LogP contribution in [0.3, 0.4) is 0 Å². The van der Waals surface area contributed by atoms with Crippen LogP contribution in [0.25, 0.3) is 5.70 Å². The highest BCUT2D eigenvalue weighted by Crippen LogP contribution is 2.24. The van der Waals surface area contributed by atoms with Crippen LogP contribution in [0.5, 0.6) is 0 Å². The van der Waals surface area contributed by atoms with Gasteiger partial charge in [-0.1, -0.05) is 6.58 Å². The molecule has 0 radical (unpaired) electrons. The lowest BCUT2D eigenvalue weighted by Crippen LogP contribution is -2.20. The fourth-order valence-electron chi connectivity index (χ4n) is 1.59. The van der Waals surface area contributed by atoms with Gasteiger partial charge in [-0.25, -0.2) is 4.39 Å². The molecule has 0 unspecified atom stereocenters. The average molecular weight is 265 g/mol. The minimum Gasteiger partial charge on any atom is -0.398 e. The number of nitrogen functional groups attached to an aromatic ring is 1. The van der Waals surface area contributed by atoms with Crippen LogP contribution in [0.1, 0.15) is 18.1 Å². The van der Waals surface area contributed by atoms with Crippen LogP contribution in [0, 0.1) is 12.7 Å². The molecule has 0 saturated heterocycles. The van der Waals surface area contributed by atoms with E-state index in [1.807, 2.05) is 6.92 Å². The second kappa shape index (κ2) is 6.89. The lowest BCUT2D eigenvalue weighted by Gasteiger charge is -2.13. The highest BCUT2D eigenvalue weighted by Gasteiger charge is 2.09. The van der Waals surface area contributed by atoms with Crippen molar-refractivity contribution >= 4 is 17.2 Å². The van der Waals surface area contributed by atoms with Gasteiger partial charge in [0.1, 0.15) is 5.82 Å². The van der Waals surface area contributed by atoms with Crippen LogP contribution < -0.4 is 11.1 Å². The summed E-state index contributed by atoms with van der Waals surface area (Å²) in [6.07, 6.45) is 0. The van der Waals surface area contributed by atoms with Crippen LogP contribution >= 0.6 is 0 Å². The Morgan fingerprint density at radius 3 is 2.84 bits per heavy atom. The first kappa shape index (κ1) is 15.2. The number of benzene rings is 1. The van der Waals surface area contributed by atoms with E-state index in [4.69, 9.17) is 10.5 Å². The molecule has 3 N–H and O–H groups in total. The average Bonchev–Trinajstić information content (AvgIpc) is 2.36. The van der Waals surface area contributed by atoms with Crippen molar-refractivity contribution < 1.29 is 9.13 Å². The Morgan fingerprint density at radius 2 is 2.21 bits per heavy atom. The van der Waals surface area contributed by atoms with Crippen LogP contribution in [-0.2, 0) is 4.74 Å². The van der Waals surface area contributed by atoms with Crippen molar-refractivity contribution in [1.82, 2.24) is 5.32 Å². The zero-order valence-electron chi connectivity index (χ0n) is 11.6. The molecule has 4 nitrogen and oxygen atoms in total. The molecule has 5 heteroatoms. The maximum atomic E-state index is 13.3. The first-order valence-electron chi connectivity index (χ1n) is 5.98. The highest BCUT2D eigenvalue weighted by atomic mass is 19.1. The second-order valence-electron chi connectivity index (χ2n) is 4.20. The minimum absolute atomic E-state index is 0.320.